The minimum atomic E-state index is -0.964. The third kappa shape index (κ3) is 3.67. The van der Waals surface area contributed by atoms with Gasteiger partial charge in [-0.05, 0) is 49.7 Å². The van der Waals surface area contributed by atoms with Crippen molar-refractivity contribution in [2.45, 2.75) is 26.3 Å². The van der Waals surface area contributed by atoms with Gasteiger partial charge in [0.15, 0.2) is 11.5 Å². The number of aryl methyl sites for hydroxylation is 1. The predicted octanol–water partition coefficient (Wildman–Crippen LogP) is 4.73. The van der Waals surface area contributed by atoms with Crippen LogP contribution in [0.3, 0.4) is 0 Å². The van der Waals surface area contributed by atoms with Crippen LogP contribution in [-0.2, 0) is 9.59 Å². The maximum atomic E-state index is 13.2. The van der Waals surface area contributed by atoms with Crippen molar-refractivity contribution in [3.05, 3.63) is 77.3 Å². The minimum Gasteiger partial charge on any atom is -0.507 e. The van der Waals surface area contributed by atoms with Crippen molar-refractivity contribution in [2.24, 2.45) is 0 Å². The zero-order valence-electron chi connectivity index (χ0n) is 18.7. The lowest BCUT2D eigenvalue weighted by atomic mass is 9.99. The summed E-state index contributed by atoms with van der Waals surface area (Å²) >= 11 is 0. The van der Waals surface area contributed by atoms with Crippen LogP contribution in [0.2, 0.25) is 0 Å². The average molecular weight is 461 g/mol. The predicted molar refractivity (Wildman–Crippen MR) is 123 cm³/mol. The lowest BCUT2D eigenvalue weighted by molar-refractivity contribution is -0.132. The highest BCUT2D eigenvalue weighted by Crippen LogP contribution is 2.45. The largest absolute Gasteiger partial charge is 0.507 e. The number of carbonyl (C=O) groups excluding carboxylic acids is 2. The number of ether oxygens (including phenoxy) is 3. The molecule has 174 valence electrons. The number of nitrogens with zero attached hydrogens (tertiary/aromatic N) is 1. The van der Waals surface area contributed by atoms with Gasteiger partial charge in [-0.25, -0.2) is 0 Å². The van der Waals surface area contributed by atoms with Gasteiger partial charge in [-0.2, -0.15) is 0 Å². The van der Waals surface area contributed by atoms with Gasteiger partial charge in [-0.1, -0.05) is 19.1 Å². The Bertz CT molecular complexity index is 1310. The van der Waals surface area contributed by atoms with Crippen LogP contribution in [0.5, 0.6) is 17.2 Å². The molecule has 5 rings (SSSR count). The number of benzene rings is 2. The van der Waals surface area contributed by atoms with Gasteiger partial charge in [0.05, 0.1) is 12.2 Å². The molecular weight excluding hydrogens is 438 g/mol. The van der Waals surface area contributed by atoms with Crippen LogP contribution in [0.4, 0.5) is 5.69 Å². The van der Waals surface area contributed by atoms with Crippen molar-refractivity contribution in [1.29, 1.82) is 0 Å². The van der Waals surface area contributed by atoms with Gasteiger partial charge in [0.1, 0.15) is 29.1 Å². The van der Waals surface area contributed by atoms with E-state index in [4.69, 9.17) is 18.6 Å². The highest BCUT2D eigenvalue weighted by molar-refractivity contribution is 6.51. The highest BCUT2D eigenvalue weighted by atomic mass is 16.7. The monoisotopic (exact) mass is 461 g/mol. The number of Topliss-reactive ketones (excluding diaryl/α,β-unsaturated/α-hetero) is 1. The highest BCUT2D eigenvalue weighted by Gasteiger charge is 2.48. The fourth-order valence-electron chi connectivity index (χ4n) is 4.11. The molecule has 1 amide bonds. The first-order chi connectivity index (χ1) is 16.5. The van der Waals surface area contributed by atoms with E-state index in [1.54, 1.807) is 61.5 Å². The van der Waals surface area contributed by atoms with E-state index in [9.17, 15) is 14.7 Å². The number of aliphatic hydroxyl groups excluding tert-OH is 1. The van der Waals surface area contributed by atoms with Gasteiger partial charge in [0.2, 0.25) is 6.79 Å². The summed E-state index contributed by atoms with van der Waals surface area (Å²) in [6.07, 6.45) is 0.828. The third-order valence-electron chi connectivity index (χ3n) is 5.69. The molecule has 2 aliphatic rings. The number of amides is 1. The first-order valence-electron chi connectivity index (χ1n) is 11.0. The Balaban J connectivity index is 1.64. The molecule has 0 aliphatic carbocycles. The summed E-state index contributed by atoms with van der Waals surface area (Å²) in [5.74, 6) is 0.649. The summed E-state index contributed by atoms with van der Waals surface area (Å²) in [6.45, 7) is 4.36. The minimum absolute atomic E-state index is 0.0651. The molecule has 1 N–H and O–H groups in total. The molecular formula is C26H23NO7. The van der Waals surface area contributed by atoms with Crippen LogP contribution in [0.1, 0.15) is 36.5 Å². The topological polar surface area (TPSA) is 98.4 Å². The van der Waals surface area contributed by atoms with Crippen LogP contribution < -0.4 is 19.1 Å². The number of hydrogen-bond acceptors (Lipinski definition) is 7. The number of furan rings is 1. The van der Waals surface area contributed by atoms with Crippen LogP contribution in [0.15, 0.2) is 64.6 Å². The number of carbonyl (C=O) groups is 2. The Morgan fingerprint density at radius 1 is 1.09 bits per heavy atom. The summed E-state index contributed by atoms with van der Waals surface area (Å²) in [5.41, 5.74) is 0.722. The van der Waals surface area contributed by atoms with E-state index in [0.29, 0.717) is 46.6 Å². The Hall–Kier alpha value is -4.20. The fraction of sp³-hybridized carbons (Fsp3) is 0.231. The molecule has 0 radical (unpaired) electrons. The smallest absolute Gasteiger partial charge is 0.300 e. The Kier molecular flexibility index (Phi) is 5.49. The standard InChI is InChI=1S/C26H23NO7/c1-3-11-31-18-6-4-5-16(12-18)24(28)22-23(20-9-7-15(2)34-20)27(26(30)25(22)29)17-8-10-19-21(13-17)33-14-32-19/h4-10,12-13,23,28H,3,11,14H2,1-2H3/b24-22-. The number of ketones is 1. The van der Waals surface area contributed by atoms with Crippen LogP contribution in [0.25, 0.3) is 5.76 Å². The van der Waals surface area contributed by atoms with E-state index in [1.165, 1.54) is 4.90 Å². The maximum Gasteiger partial charge on any atom is 0.300 e. The number of rotatable bonds is 6. The van der Waals surface area contributed by atoms with Gasteiger partial charge in [-0.15, -0.1) is 0 Å². The second kappa shape index (κ2) is 8.62. The van der Waals surface area contributed by atoms with Crippen LogP contribution in [-0.4, -0.2) is 30.2 Å². The van der Waals surface area contributed by atoms with Gasteiger partial charge < -0.3 is 23.7 Å². The van der Waals surface area contributed by atoms with E-state index in [1.807, 2.05) is 6.92 Å². The van der Waals surface area contributed by atoms with Gasteiger partial charge in [0.25, 0.3) is 11.7 Å². The first-order valence-corrected chi connectivity index (χ1v) is 11.0. The van der Waals surface area contributed by atoms with Crippen molar-refractivity contribution in [1.82, 2.24) is 0 Å². The van der Waals surface area contributed by atoms with E-state index >= 15 is 0 Å². The van der Waals surface area contributed by atoms with Crippen molar-refractivity contribution in [3.63, 3.8) is 0 Å². The summed E-state index contributed by atoms with van der Waals surface area (Å²) in [4.78, 5) is 27.8. The number of hydrogen-bond donors (Lipinski definition) is 1. The zero-order chi connectivity index (χ0) is 23.8. The second-order valence-electron chi connectivity index (χ2n) is 8.03. The van der Waals surface area contributed by atoms with Gasteiger partial charge in [0, 0.05) is 17.3 Å². The molecule has 1 saturated heterocycles. The van der Waals surface area contributed by atoms with Crippen molar-refractivity contribution >= 4 is 23.1 Å². The summed E-state index contributed by atoms with van der Waals surface area (Å²) < 4.78 is 22.3. The Morgan fingerprint density at radius 2 is 1.91 bits per heavy atom. The Labute approximate surface area is 196 Å². The number of aliphatic hydroxyl groups is 1. The fourth-order valence-corrected chi connectivity index (χ4v) is 4.11. The van der Waals surface area contributed by atoms with Crippen LogP contribution in [0, 0.1) is 6.92 Å². The van der Waals surface area contributed by atoms with Gasteiger partial charge >= 0.3 is 0 Å². The molecule has 1 aromatic heterocycles. The molecule has 3 heterocycles. The SMILES string of the molecule is CCCOc1cccc(/C(O)=C2/C(=O)C(=O)N(c3ccc4c(c3)OCO4)C2c2ccc(C)o2)c1. The molecule has 0 bridgehead atoms. The summed E-state index contributed by atoms with van der Waals surface area (Å²) in [6, 6.07) is 14.2. The van der Waals surface area contributed by atoms with E-state index in [0.717, 1.165) is 6.42 Å². The number of anilines is 1. The molecule has 1 unspecified atom stereocenters. The molecule has 2 aliphatic heterocycles. The van der Waals surface area contributed by atoms with E-state index in [2.05, 4.69) is 0 Å². The van der Waals surface area contributed by atoms with E-state index < -0.39 is 17.7 Å². The lowest BCUT2D eigenvalue weighted by Gasteiger charge is -2.23. The quantitative estimate of drug-likeness (QED) is 0.322. The molecule has 1 fully saturated rings. The normalized spacial score (nSPS) is 18.5. The van der Waals surface area contributed by atoms with E-state index in [-0.39, 0.29) is 18.1 Å². The van der Waals surface area contributed by atoms with Crippen molar-refractivity contribution in [2.75, 3.05) is 18.3 Å². The molecule has 8 heteroatoms. The second-order valence-corrected chi connectivity index (χ2v) is 8.03. The molecule has 0 spiro atoms. The molecule has 0 saturated carbocycles. The molecule has 34 heavy (non-hydrogen) atoms. The van der Waals surface area contributed by atoms with Gasteiger partial charge in [-0.3, -0.25) is 14.5 Å². The molecule has 3 aromatic rings. The number of fused-ring (bicyclic) bond motifs is 1. The van der Waals surface area contributed by atoms with Crippen LogP contribution >= 0.6 is 0 Å². The van der Waals surface area contributed by atoms with Crippen molar-refractivity contribution in [3.8, 4) is 17.2 Å². The molecule has 8 nitrogen and oxygen atoms in total. The Morgan fingerprint density at radius 3 is 2.68 bits per heavy atom. The summed E-state index contributed by atoms with van der Waals surface area (Å²) in [5, 5.41) is 11.3. The molecule has 2 aromatic carbocycles. The molecule has 1 atom stereocenters. The average Bonchev–Trinajstić information content (AvgIpc) is 3.55. The lowest BCUT2D eigenvalue weighted by Crippen LogP contribution is -2.29. The summed E-state index contributed by atoms with van der Waals surface area (Å²) in [7, 11) is 0. The first kappa shape index (κ1) is 21.6. The van der Waals surface area contributed by atoms with Crippen molar-refractivity contribution < 1.29 is 33.3 Å². The zero-order valence-corrected chi connectivity index (χ0v) is 18.7. The maximum absolute atomic E-state index is 13.2. The third-order valence-corrected chi connectivity index (χ3v) is 5.69.